The average molecular weight is 477 g/mol. The van der Waals surface area contributed by atoms with Crippen molar-refractivity contribution in [3.05, 3.63) is 57.6 Å². The molecule has 2 aromatic rings. The highest BCUT2D eigenvalue weighted by Crippen LogP contribution is 2.35. The monoisotopic (exact) mass is 476 g/mol. The number of amides is 2. The van der Waals surface area contributed by atoms with Gasteiger partial charge in [0.2, 0.25) is 0 Å². The number of alkyl halides is 3. The van der Waals surface area contributed by atoms with E-state index >= 15 is 0 Å². The molecule has 1 N–H and O–H groups in total. The number of rotatable bonds is 6. The normalized spacial score (nSPS) is 18.2. The van der Waals surface area contributed by atoms with Gasteiger partial charge in [0.25, 0.3) is 11.8 Å². The van der Waals surface area contributed by atoms with Crippen molar-refractivity contribution in [3.8, 4) is 0 Å². The fourth-order valence-corrected chi connectivity index (χ4v) is 5.18. The SMILES string of the molecule is O=C(NCCC1CC1)c1cnc(N2CC3=C(CN(C(=O)c4ccccc4C(F)(F)F)C3)C2)s1. The number of hydrogen-bond donors (Lipinski definition) is 1. The van der Waals surface area contributed by atoms with Gasteiger partial charge in [0.05, 0.1) is 17.3 Å². The zero-order chi connectivity index (χ0) is 23.2. The Hall–Kier alpha value is -2.88. The molecule has 2 amide bonds. The van der Waals surface area contributed by atoms with Gasteiger partial charge in [0.1, 0.15) is 4.88 Å². The Balaban J connectivity index is 1.18. The summed E-state index contributed by atoms with van der Waals surface area (Å²) in [6.07, 6.45) is 0.532. The van der Waals surface area contributed by atoms with E-state index in [4.69, 9.17) is 0 Å². The summed E-state index contributed by atoms with van der Waals surface area (Å²) in [5.41, 5.74) is 0.826. The molecular formula is C23H23F3N4O2S. The molecule has 33 heavy (non-hydrogen) atoms. The average Bonchev–Trinajstić information content (AvgIpc) is 3.16. The Morgan fingerprint density at radius 1 is 1.09 bits per heavy atom. The van der Waals surface area contributed by atoms with Crippen LogP contribution in [-0.4, -0.2) is 54.4 Å². The fourth-order valence-electron chi connectivity index (χ4n) is 4.35. The molecule has 0 radical (unpaired) electrons. The van der Waals surface area contributed by atoms with Crippen LogP contribution < -0.4 is 10.2 Å². The van der Waals surface area contributed by atoms with Crippen LogP contribution in [0.2, 0.25) is 0 Å². The van der Waals surface area contributed by atoms with Gasteiger partial charge in [0.15, 0.2) is 5.13 Å². The van der Waals surface area contributed by atoms with E-state index in [2.05, 4.69) is 10.3 Å². The lowest BCUT2D eigenvalue weighted by molar-refractivity contribution is -0.138. The second-order valence-corrected chi connectivity index (χ2v) is 9.77. The van der Waals surface area contributed by atoms with Crippen LogP contribution in [0.1, 0.15) is 44.9 Å². The molecule has 1 aliphatic carbocycles. The minimum atomic E-state index is -4.58. The van der Waals surface area contributed by atoms with E-state index in [0.29, 0.717) is 37.6 Å². The fraction of sp³-hybridized carbons (Fsp3) is 0.435. The molecule has 3 aliphatic rings. The van der Waals surface area contributed by atoms with Gasteiger partial charge in [-0.3, -0.25) is 9.59 Å². The van der Waals surface area contributed by atoms with Gasteiger partial charge in [-0.15, -0.1) is 0 Å². The molecule has 0 spiro atoms. The molecule has 2 aliphatic heterocycles. The van der Waals surface area contributed by atoms with Crippen LogP contribution in [0.15, 0.2) is 41.6 Å². The first-order chi connectivity index (χ1) is 15.8. The molecule has 0 saturated heterocycles. The second kappa shape index (κ2) is 8.48. The van der Waals surface area contributed by atoms with Crippen molar-refractivity contribution in [2.24, 2.45) is 5.92 Å². The van der Waals surface area contributed by atoms with E-state index in [1.54, 1.807) is 6.20 Å². The highest BCUT2D eigenvalue weighted by molar-refractivity contribution is 7.17. The summed E-state index contributed by atoms with van der Waals surface area (Å²) in [5, 5.41) is 3.67. The summed E-state index contributed by atoms with van der Waals surface area (Å²) in [5.74, 6) is 0.0382. The van der Waals surface area contributed by atoms with Gasteiger partial charge in [0, 0.05) is 32.7 Å². The smallest absolute Gasteiger partial charge is 0.351 e. The molecule has 10 heteroatoms. The van der Waals surface area contributed by atoms with Crippen LogP contribution in [0.3, 0.4) is 0 Å². The van der Waals surface area contributed by atoms with E-state index in [1.165, 1.54) is 47.3 Å². The van der Waals surface area contributed by atoms with Crippen LogP contribution in [0, 0.1) is 5.92 Å². The van der Waals surface area contributed by atoms with Crippen LogP contribution in [0.4, 0.5) is 18.3 Å². The summed E-state index contributed by atoms with van der Waals surface area (Å²) in [7, 11) is 0. The summed E-state index contributed by atoms with van der Waals surface area (Å²) >= 11 is 1.33. The van der Waals surface area contributed by atoms with Crippen LogP contribution in [-0.2, 0) is 6.18 Å². The number of benzene rings is 1. The van der Waals surface area contributed by atoms with Crippen LogP contribution in [0.25, 0.3) is 0 Å². The quantitative estimate of drug-likeness (QED) is 0.641. The van der Waals surface area contributed by atoms with Crippen LogP contribution in [0.5, 0.6) is 0 Å². The molecule has 0 bridgehead atoms. The molecule has 1 aromatic heterocycles. The summed E-state index contributed by atoms with van der Waals surface area (Å²) in [6.45, 7) is 2.39. The molecule has 1 aromatic carbocycles. The Morgan fingerprint density at radius 2 is 1.79 bits per heavy atom. The lowest BCUT2D eigenvalue weighted by Crippen LogP contribution is -2.35. The number of carbonyl (C=O) groups is 2. The maximum absolute atomic E-state index is 13.3. The third-order valence-electron chi connectivity index (χ3n) is 6.30. The maximum Gasteiger partial charge on any atom is 0.417 e. The lowest BCUT2D eigenvalue weighted by Gasteiger charge is -2.23. The first-order valence-corrected chi connectivity index (χ1v) is 11.8. The Morgan fingerprint density at radius 3 is 2.45 bits per heavy atom. The molecule has 174 valence electrons. The van der Waals surface area contributed by atoms with Gasteiger partial charge >= 0.3 is 6.18 Å². The Bertz CT molecular complexity index is 1100. The topological polar surface area (TPSA) is 65.5 Å². The van der Waals surface area contributed by atoms with Gasteiger partial charge in [-0.1, -0.05) is 36.3 Å². The number of carbonyl (C=O) groups excluding carboxylic acids is 2. The van der Waals surface area contributed by atoms with E-state index in [0.717, 1.165) is 34.7 Å². The molecule has 3 heterocycles. The standard InChI is InChI=1S/C23H23F3N4O2S/c24-23(25,26)18-4-2-1-3-17(18)21(32)29-10-15-12-30(13-16(15)11-29)22-28-9-19(33-22)20(31)27-8-7-14-5-6-14/h1-4,9,14H,5-8,10-13H2,(H,27,31). The Labute approximate surface area is 193 Å². The molecule has 0 atom stereocenters. The maximum atomic E-state index is 13.3. The largest absolute Gasteiger partial charge is 0.417 e. The zero-order valence-corrected chi connectivity index (χ0v) is 18.6. The van der Waals surface area contributed by atoms with Gasteiger partial charge in [-0.25, -0.2) is 4.98 Å². The minimum Gasteiger partial charge on any atom is -0.351 e. The van der Waals surface area contributed by atoms with E-state index < -0.39 is 17.6 Å². The van der Waals surface area contributed by atoms with E-state index in [9.17, 15) is 22.8 Å². The second-order valence-electron chi connectivity index (χ2n) is 8.76. The number of thiazole rings is 1. The van der Waals surface area contributed by atoms with Gasteiger partial charge in [-0.05, 0) is 35.6 Å². The van der Waals surface area contributed by atoms with Crippen molar-refractivity contribution >= 4 is 28.3 Å². The van der Waals surface area contributed by atoms with Gasteiger partial charge in [-0.2, -0.15) is 13.2 Å². The van der Waals surface area contributed by atoms with E-state index in [-0.39, 0.29) is 11.5 Å². The predicted octanol–water partition coefficient (Wildman–Crippen LogP) is 3.96. The van der Waals surface area contributed by atoms with Crippen molar-refractivity contribution in [2.45, 2.75) is 25.4 Å². The van der Waals surface area contributed by atoms with Crippen molar-refractivity contribution in [3.63, 3.8) is 0 Å². The number of halogens is 3. The number of nitrogens with zero attached hydrogens (tertiary/aromatic N) is 3. The van der Waals surface area contributed by atoms with E-state index in [1.807, 2.05) is 4.90 Å². The lowest BCUT2D eigenvalue weighted by atomic mass is 10.1. The van der Waals surface area contributed by atoms with Gasteiger partial charge < -0.3 is 15.1 Å². The molecule has 1 fully saturated rings. The van der Waals surface area contributed by atoms with Crippen molar-refractivity contribution in [2.75, 3.05) is 37.6 Å². The number of anilines is 1. The molecule has 0 unspecified atom stereocenters. The zero-order valence-electron chi connectivity index (χ0n) is 17.8. The Kier molecular flexibility index (Phi) is 5.64. The van der Waals surface area contributed by atoms with Crippen molar-refractivity contribution in [1.29, 1.82) is 0 Å². The number of nitrogens with one attached hydrogen (secondary N) is 1. The summed E-state index contributed by atoms with van der Waals surface area (Å²) in [4.78, 5) is 33.6. The molecule has 1 saturated carbocycles. The molecule has 5 rings (SSSR count). The first kappa shape index (κ1) is 21.9. The third kappa shape index (κ3) is 4.62. The number of hydrogen-bond acceptors (Lipinski definition) is 5. The molecular weight excluding hydrogens is 453 g/mol. The van der Waals surface area contributed by atoms with Crippen molar-refractivity contribution < 1.29 is 22.8 Å². The summed E-state index contributed by atoms with van der Waals surface area (Å²) < 4.78 is 39.9. The van der Waals surface area contributed by atoms with Crippen LogP contribution >= 0.6 is 11.3 Å². The highest BCUT2D eigenvalue weighted by atomic mass is 32.1. The molecule has 6 nitrogen and oxygen atoms in total. The third-order valence-corrected chi connectivity index (χ3v) is 7.36. The highest BCUT2D eigenvalue weighted by Gasteiger charge is 2.38. The summed E-state index contributed by atoms with van der Waals surface area (Å²) in [6, 6.07) is 4.90. The first-order valence-electron chi connectivity index (χ1n) is 10.9. The van der Waals surface area contributed by atoms with Crippen molar-refractivity contribution in [1.82, 2.24) is 15.2 Å². The number of aromatic nitrogens is 1. The predicted molar refractivity (Wildman–Crippen MR) is 118 cm³/mol. The minimum absolute atomic E-state index is 0.112.